The van der Waals surface area contributed by atoms with E-state index in [1.165, 1.54) is 25.7 Å². The number of amides is 1. The van der Waals surface area contributed by atoms with Crippen LogP contribution in [0.3, 0.4) is 0 Å². The van der Waals surface area contributed by atoms with Gasteiger partial charge >= 0.3 is 0 Å². The Morgan fingerprint density at radius 2 is 1.72 bits per heavy atom. The van der Waals surface area contributed by atoms with Crippen molar-refractivity contribution >= 4 is 11.6 Å². The van der Waals surface area contributed by atoms with Crippen LogP contribution in [0.1, 0.15) is 68.6 Å². The smallest absolute Gasteiger partial charge is 0.251 e. The van der Waals surface area contributed by atoms with Crippen molar-refractivity contribution in [1.82, 2.24) is 5.32 Å². The molecule has 1 aromatic carbocycles. The number of piperidine rings is 1. The second kappa shape index (κ2) is 8.70. The van der Waals surface area contributed by atoms with Gasteiger partial charge in [0.2, 0.25) is 0 Å². The largest absolute Gasteiger partial charge is 0.393 e. The SMILES string of the molecule is CCCC1CCC(NC(=O)c2ccc(N3CCC(O)CC3)cc2)CC1. The molecule has 1 aliphatic carbocycles. The number of carbonyl (C=O) groups is 1. The summed E-state index contributed by atoms with van der Waals surface area (Å²) in [4.78, 5) is 14.8. The van der Waals surface area contributed by atoms with Gasteiger partial charge in [0.25, 0.3) is 5.91 Å². The number of carbonyl (C=O) groups excluding carboxylic acids is 1. The van der Waals surface area contributed by atoms with E-state index in [9.17, 15) is 9.90 Å². The first-order valence-electron chi connectivity index (χ1n) is 9.99. The fourth-order valence-electron chi connectivity index (χ4n) is 4.22. The molecule has 0 radical (unpaired) electrons. The van der Waals surface area contributed by atoms with E-state index in [1.807, 2.05) is 24.3 Å². The van der Waals surface area contributed by atoms with Gasteiger partial charge in [-0.25, -0.2) is 0 Å². The molecule has 4 heteroatoms. The van der Waals surface area contributed by atoms with Gasteiger partial charge in [-0.05, 0) is 68.7 Å². The summed E-state index contributed by atoms with van der Waals surface area (Å²) in [7, 11) is 0. The molecular weight excluding hydrogens is 312 g/mol. The lowest BCUT2D eigenvalue weighted by Crippen LogP contribution is -2.37. The van der Waals surface area contributed by atoms with Gasteiger partial charge in [-0.3, -0.25) is 4.79 Å². The van der Waals surface area contributed by atoms with Crippen molar-refractivity contribution in [3.63, 3.8) is 0 Å². The van der Waals surface area contributed by atoms with E-state index in [1.54, 1.807) is 0 Å². The molecule has 2 aliphatic rings. The van der Waals surface area contributed by atoms with Crippen LogP contribution in [0.4, 0.5) is 5.69 Å². The van der Waals surface area contributed by atoms with Crippen LogP contribution in [0.15, 0.2) is 24.3 Å². The number of nitrogens with one attached hydrogen (secondary N) is 1. The maximum Gasteiger partial charge on any atom is 0.251 e. The molecule has 25 heavy (non-hydrogen) atoms. The first-order chi connectivity index (χ1) is 12.2. The highest BCUT2D eigenvalue weighted by atomic mass is 16.3. The fraction of sp³-hybridized carbons (Fsp3) is 0.667. The third-order valence-electron chi connectivity index (χ3n) is 5.84. The minimum absolute atomic E-state index is 0.0551. The minimum atomic E-state index is -0.159. The zero-order chi connectivity index (χ0) is 17.6. The molecule has 2 fully saturated rings. The van der Waals surface area contributed by atoms with Crippen molar-refractivity contribution in [3.05, 3.63) is 29.8 Å². The molecule has 3 rings (SSSR count). The highest BCUT2D eigenvalue weighted by Gasteiger charge is 2.22. The number of aliphatic hydroxyl groups excluding tert-OH is 1. The van der Waals surface area contributed by atoms with Gasteiger partial charge in [0.15, 0.2) is 0 Å². The van der Waals surface area contributed by atoms with Crippen molar-refractivity contribution in [2.75, 3.05) is 18.0 Å². The monoisotopic (exact) mass is 344 g/mol. The Bertz CT molecular complexity index is 542. The van der Waals surface area contributed by atoms with E-state index in [-0.39, 0.29) is 12.0 Å². The molecule has 0 bridgehead atoms. The van der Waals surface area contributed by atoms with E-state index in [4.69, 9.17) is 0 Å². The Hall–Kier alpha value is -1.55. The molecule has 1 saturated heterocycles. The first-order valence-corrected chi connectivity index (χ1v) is 9.99. The van der Waals surface area contributed by atoms with Crippen molar-refractivity contribution in [1.29, 1.82) is 0 Å². The molecular formula is C21H32N2O2. The average molecular weight is 344 g/mol. The predicted molar refractivity (Wildman–Crippen MR) is 102 cm³/mol. The molecule has 0 unspecified atom stereocenters. The van der Waals surface area contributed by atoms with Crippen molar-refractivity contribution in [2.24, 2.45) is 5.92 Å². The lowest BCUT2D eigenvalue weighted by Gasteiger charge is -2.31. The van der Waals surface area contributed by atoms with E-state index >= 15 is 0 Å². The van der Waals surface area contributed by atoms with E-state index in [2.05, 4.69) is 17.1 Å². The summed E-state index contributed by atoms with van der Waals surface area (Å²) in [6.07, 6.45) is 8.81. The minimum Gasteiger partial charge on any atom is -0.393 e. The number of nitrogens with zero attached hydrogens (tertiary/aromatic N) is 1. The van der Waals surface area contributed by atoms with E-state index < -0.39 is 0 Å². The maximum absolute atomic E-state index is 12.5. The molecule has 2 N–H and O–H groups in total. The summed E-state index contributed by atoms with van der Waals surface area (Å²) >= 11 is 0. The third-order valence-corrected chi connectivity index (χ3v) is 5.84. The van der Waals surface area contributed by atoms with Gasteiger partial charge in [-0.1, -0.05) is 19.8 Å². The third kappa shape index (κ3) is 4.97. The molecule has 0 aromatic heterocycles. The van der Waals surface area contributed by atoms with Crippen LogP contribution in [0.2, 0.25) is 0 Å². The van der Waals surface area contributed by atoms with Crippen molar-refractivity contribution < 1.29 is 9.90 Å². The Balaban J connectivity index is 1.49. The number of aliphatic hydroxyl groups is 1. The normalized spacial score (nSPS) is 25.0. The van der Waals surface area contributed by atoms with Gasteiger partial charge in [0, 0.05) is 30.4 Å². The molecule has 1 aromatic rings. The number of rotatable bonds is 5. The van der Waals surface area contributed by atoms with Crippen LogP contribution in [0.5, 0.6) is 0 Å². The van der Waals surface area contributed by atoms with Crippen LogP contribution in [0, 0.1) is 5.92 Å². The Morgan fingerprint density at radius 3 is 2.32 bits per heavy atom. The number of hydrogen-bond acceptors (Lipinski definition) is 3. The summed E-state index contributed by atoms with van der Waals surface area (Å²) in [6.45, 7) is 4.02. The number of benzene rings is 1. The Labute approximate surface area is 151 Å². The summed E-state index contributed by atoms with van der Waals surface area (Å²) in [5.41, 5.74) is 1.89. The summed E-state index contributed by atoms with van der Waals surface area (Å²) in [5, 5.41) is 12.8. The van der Waals surface area contributed by atoms with Crippen LogP contribution in [-0.4, -0.2) is 36.2 Å². The molecule has 138 valence electrons. The summed E-state index contributed by atoms with van der Waals surface area (Å²) in [6, 6.07) is 8.26. The molecule has 1 heterocycles. The highest BCUT2D eigenvalue weighted by molar-refractivity contribution is 5.94. The Kier molecular flexibility index (Phi) is 6.35. The summed E-state index contributed by atoms with van der Waals surface area (Å²) < 4.78 is 0. The first kappa shape index (κ1) is 18.2. The topological polar surface area (TPSA) is 52.6 Å². The number of hydrogen-bond donors (Lipinski definition) is 2. The van der Waals surface area contributed by atoms with Gasteiger partial charge in [0.1, 0.15) is 0 Å². The molecule has 4 nitrogen and oxygen atoms in total. The molecule has 0 atom stereocenters. The highest BCUT2D eigenvalue weighted by Crippen LogP contribution is 2.28. The lowest BCUT2D eigenvalue weighted by atomic mass is 9.83. The lowest BCUT2D eigenvalue weighted by molar-refractivity contribution is 0.0921. The molecule has 1 amide bonds. The zero-order valence-electron chi connectivity index (χ0n) is 15.4. The quantitative estimate of drug-likeness (QED) is 0.855. The fourth-order valence-corrected chi connectivity index (χ4v) is 4.22. The van der Waals surface area contributed by atoms with Crippen LogP contribution < -0.4 is 10.2 Å². The second-order valence-electron chi connectivity index (χ2n) is 7.74. The maximum atomic E-state index is 12.5. The van der Waals surface area contributed by atoms with Crippen molar-refractivity contribution in [2.45, 2.75) is 70.4 Å². The van der Waals surface area contributed by atoms with Crippen molar-refractivity contribution in [3.8, 4) is 0 Å². The van der Waals surface area contributed by atoms with Gasteiger partial charge in [-0.2, -0.15) is 0 Å². The summed E-state index contributed by atoms with van der Waals surface area (Å²) in [5.74, 6) is 0.917. The number of anilines is 1. The van der Waals surface area contributed by atoms with Crippen LogP contribution >= 0.6 is 0 Å². The molecule has 1 saturated carbocycles. The van der Waals surface area contributed by atoms with Gasteiger partial charge < -0.3 is 15.3 Å². The average Bonchev–Trinajstić information content (AvgIpc) is 2.64. The molecule has 0 spiro atoms. The van der Waals surface area contributed by atoms with Crippen LogP contribution in [0.25, 0.3) is 0 Å². The van der Waals surface area contributed by atoms with Gasteiger partial charge in [-0.15, -0.1) is 0 Å². The van der Waals surface area contributed by atoms with Crippen LogP contribution in [-0.2, 0) is 0 Å². The molecule has 1 aliphatic heterocycles. The second-order valence-corrected chi connectivity index (χ2v) is 7.74. The Morgan fingerprint density at radius 1 is 1.08 bits per heavy atom. The standard InChI is InChI=1S/C21H32N2O2/c1-2-3-16-4-8-18(9-5-16)22-21(25)17-6-10-19(11-7-17)23-14-12-20(24)13-15-23/h6-7,10-11,16,18,20,24H,2-5,8-9,12-15H2,1H3,(H,22,25). The van der Waals surface area contributed by atoms with E-state index in [0.29, 0.717) is 6.04 Å². The van der Waals surface area contributed by atoms with E-state index in [0.717, 1.165) is 55.9 Å². The zero-order valence-corrected chi connectivity index (χ0v) is 15.4. The van der Waals surface area contributed by atoms with Gasteiger partial charge in [0.05, 0.1) is 6.10 Å². The predicted octanol–water partition coefficient (Wildman–Crippen LogP) is 3.74.